The van der Waals surface area contributed by atoms with Crippen LogP contribution in [0.15, 0.2) is 23.1 Å². The van der Waals surface area contributed by atoms with Crippen molar-refractivity contribution in [2.75, 3.05) is 12.8 Å². The van der Waals surface area contributed by atoms with E-state index in [1.807, 2.05) is 18.4 Å². The van der Waals surface area contributed by atoms with Crippen molar-refractivity contribution in [2.45, 2.75) is 36.7 Å². The minimum Gasteiger partial charge on any atom is -0.393 e. The Hall–Kier alpha value is -0.710. The van der Waals surface area contributed by atoms with E-state index in [0.717, 1.165) is 30.6 Å². The monoisotopic (exact) mass is 313 g/mol. The molecule has 0 atom stereocenters. The first-order valence-electron chi connectivity index (χ1n) is 6.90. The molecule has 0 radical (unpaired) electrons. The molecule has 1 fully saturated rings. The van der Waals surface area contributed by atoms with E-state index >= 15 is 0 Å². The third-order valence-corrected chi connectivity index (χ3v) is 4.84. The van der Waals surface area contributed by atoms with E-state index in [0.29, 0.717) is 23.0 Å². The number of carbonyl (C=O) groups is 1. The molecule has 5 heteroatoms. The Balaban J connectivity index is 1.91. The zero-order chi connectivity index (χ0) is 14.5. The van der Waals surface area contributed by atoms with E-state index in [-0.39, 0.29) is 12.0 Å². The normalized spacial score (nSPS) is 22.6. The Bertz CT molecular complexity index is 473. The summed E-state index contributed by atoms with van der Waals surface area (Å²) in [6.07, 6.45) is 5.43. The topological polar surface area (TPSA) is 49.3 Å². The van der Waals surface area contributed by atoms with Crippen molar-refractivity contribution >= 4 is 29.3 Å². The van der Waals surface area contributed by atoms with Crippen LogP contribution in [0.3, 0.4) is 0 Å². The molecular weight excluding hydrogens is 294 g/mol. The maximum Gasteiger partial charge on any atom is 0.252 e. The fraction of sp³-hybridized carbons (Fsp3) is 0.533. The van der Waals surface area contributed by atoms with Crippen molar-refractivity contribution in [3.05, 3.63) is 28.8 Å². The summed E-state index contributed by atoms with van der Waals surface area (Å²) in [4.78, 5) is 13.2. The van der Waals surface area contributed by atoms with Gasteiger partial charge in [-0.15, -0.1) is 11.8 Å². The predicted molar refractivity (Wildman–Crippen MR) is 83.5 cm³/mol. The van der Waals surface area contributed by atoms with Gasteiger partial charge in [-0.25, -0.2) is 0 Å². The average molecular weight is 314 g/mol. The molecule has 20 heavy (non-hydrogen) atoms. The standard InChI is InChI=1S/C15H20ClNO2S/c1-20-12-6-7-14(16)13(8-12)15(19)17-9-10-2-4-11(18)5-3-10/h6-8,10-11,18H,2-5,9H2,1H3,(H,17,19). The average Bonchev–Trinajstić information content (AvgIpc) is 2.47. The molecule has 1 saturated carbocycles. The molecule has 0 aromatic heterocycles. The summed E-state index contributed by atoms with van der Waals surface area (Å²) in [5, 5.41) is 12.9. The van der Waals surface area contributed by atoms with Gasteiger partial charge in [0, 0.05) is 11.4 Å². The van der Waals surface area contributed by atoms with Crippen molar-refractivity contribution in [3.63, 3.8) is 0 Å². The van der Waals surface area contributed by atoms with Crippen LogP contribution in [0, 0.1) is 5.92 Å². The second kappa shape index (κ2) is 7.34. The molecule has 0 aliphatic heterocycles. The Morgan fingerprint density at radius 3 is 2.75 bits per heavy atom. The molecule has 1 aliphatic rings. The number of aliphatic hydroxyl groups excluding tert-OH is 1. The predicted octanol–water partition coefficient (Wildman–Crippen LogP) is 3.34. The quantitative estimate of drug-likeness (QED) is 0.838. The van der Waals surface area contributed by atoms with Crippen molar-refractivity contribution in [3.8, 4) is 0 Å². The van der Waals surface area contributed by atoms with Gasteiger partial charge in [0.1, 0.15) is 0 Å². The number of thioether (sulfide) groups is 1. The van der Waals surface area contributed by atoms with Crippen LogP contribution >= 0.6 is 23.4 Å². The first-order chi connectivity index (χ1) is 9.60. The molecule has 0 saturated heterocycles. The summed E-state index contributed by atoms with van der Waals surface area (Å²) in [7, 11) is 0. The molecule has 3 nitrogen and oxygen atoms in total. The van der Waals surface area contributed by atoms with E-state index in [9.17, 15) is 9.90 Å². The fourth-order valence-electron chi connectivity index (χ4n) is 2.49. The number of hydrogen-bond acceptors (Lipinski definition) is 3. The van der Waals surface area contributed by atoms with E-state index in [4.69, 9.17) is 11.6 Å². The van der Waals surface area contributed by atoms with Gasteiger partial charge in [0.05, 0.1) is 16.7 Å². The van der Waals surface area contributed by atoms with Crippen molar-refractivity contribution in [1.82, 2.24) is 5.32 Å². The maximum absolute atomic E-state index is 12.2. The Labute approximate surface area is 129 Å². The van der Waals surface area contributed by atoms with Gasteiger partial charge >= 0.3 is 0 Å². The SMILES string of the molecule is CSc1ccc(Cl)c(C(=O)NCC2CCC(O)CC2)c1. The highest BCUT2D eigenvalue weighted by molar-refractivity contribution is 7.98. The molecule has 0 spiro atoms. The number of nitrogens with one attached hydrogen (secondary N) is 1. The second-order valence-corrected chi connectivity index (χ2v) is 6.52. The minimum atomic E-state index is -0.158. The summed E-state index contributed by atoms with van der Waals surface area (Å²) in [6, 6.07) is 5.50. The zero-order valence-electron chi connectivity index (χ0n) is 11.6. The number of amides is 1. The summed E-state index contributed by atoms with van der Waals surface area (Å²) < 4.78 is 0. The van der Waals surface area contributed by atoms with Crippen LogP contribution in [0.4, 0.5) is 0 Å². The Morgan fingerprint density at radius 1 is 1.40 bits per heavy atom. The zero-order valence-corrected chi connectivity index (χ0v) is 13.1. The first kappa shape index (κ1) is 15.7. The van der Waals surface area contributed by atoms with Gasteiger partial charge in [0.2, 0.25) is 0 Å². The highest BCUT2D eigenvalue weighted by Crippen LogP contribution is 2.25. The maximum atomic E-state index is 12.2. The van der Waals surface area contributed by atoms with Gasteiger partial charge < -0.3 is 10.4 Å². The second-order valence-electron chi connectivity index (χ2n) is 5.23. The molecule has 110 valence electrons. The summed E-state index contributed by atoms with van der Waals surface area (Å²) in [5.74, 6) is 0.349. The number of hydrogen-bond donors (Lipinski definition) is 2. The van der Waals surface area contributed by atoms with Gasteiger partial charge in [0.15, 0.2) is 0 Å². The molecule has 2 rings (SSSR count). The van der Waals surface area contributed by atoms with Crippen LogP contribution in [0.5, 0.6) is 0 Å². The van der Waals surface area contributed by atoms with Crippen LogP contribution in [0.1, 0.15) is 36.0 Å². The molecule has 0 unspecified atom stereocenters. The number of carbonyl (C=O) groups excluding carboxylic acids is 1. The molecule has 1 aliphatic carbocycles. The van der Waals surface area contributed by atoms with E-state index in [1.165, 1.54) is 0 Å². The molecule has 0 heterocycles. The van der Waals surface area contributed by atoms with Gasteiger partial charge in [-0.1, -0.05) is 11.6 Å². The largest absolute Gasteiger partial charge is 0.393 e. The third-order valence-electron chi connectivity index (χ3n) is 3.79. The number of aliphatic hydroxyl groups is 1. The van der Waals surface area contributed by atoms with Gasteiger partial charge in [-0.3, -0.25) is 4.79 Å². The molecule has 1 aromatic rings. The molecule has 1 aromatic carbocycles. The van der Waals surface area contributed by atoms with Crippen molar-refractivity contribution in [1.29, 1.82) is 0 Å². The number of rotatable bonds is 4. The lowest BCUT2D eigenvalue weighted by atomic mass is 9.87. The Morgan fingerprint density at radius 2 is 2.10 bits per heavy atom. The van der Waals surface area contributed by atoms with E-state index in [1.54, 1.807) is 17.8 Å². The van der Waals surface area contributed by atoms with Crippen LogP contribution in [-0.4, -0.2) is 29.9 Å². The number of benzene rings is 1. The van der Waals surface area contributed by atoms with Crippen molar-refractivity contribution < 1.29 is 9.90 Å². The molecule has 1 amide bonds. The molecule has 2 N–H and O–H groups in total. The minimum absolute atomic E-state index is 0.114. The fourth-order valence-corrected chi connectivity index (χ4v) is 3.13. The van der Waals surface area contributed by atoms with Crippen LogP contribution < -0.4 is 5.32 Å². The van der Waals surface area contributed by atoms with Crippen LogP contribution in [0.25, 0.3) is 0 Å². The highest BCUT2D eigenvalue weighted by Gasteiger charge is 2.20. The third kappa shape index (κ3) is 4.14. The lowest BCUT2D eigenvalue weighted by molar-refractivity contribution is 0.0910. The summed E-state index contributed by atoms with van der Waals surface area (Å²) in [6.45, 7) is 0.658. The molecular formula is C15H20ClNO2S. The molecule has 0 bridgehead atoms. The lowest BCUT2D eigenvalue weighted by Gasteiger charge is -2.25. The van der Waals surface area contributed by atoms with Gasteiger partial charge in [-0.2, -0.15) is 0 Å². The smallest absolute Gasteiger partial charge is 0.252 e. The lowest BCUT2D eigenvalue weighted by Crippen LogP contribution is -2.32. The summed E-state index contributed by atoms with van der Waals surface area (Å²) in [5.41, 5.74) is 0.536. The van der Waals surface area contributed by atoms with E-state index < -0.39 is 0 Å². The highest BCUT2D eigenvalue weighted by atomic mass is 35.5. The first-order valence-corrected chi connectivity index (χ1v) is 8.50. The Kier molecular flexibility index (Phi) is 5.75. The van der Waals surface area contributed by atoms with Gasteiger partial charge in [0.25, 0.3) is 5.91 Å². The van der Waals surface area contributed by atoms with Crippen molar-refractivity contribution in [2.24, 2.45) is 5.92 Å². The van der Waals surface area contributed by atoms with Crippen LogP contribution in [-0.2, 0) is 0 Å². The van der Waals surface area contributed by atoms with Gasteiger partial charge in [-0.05, 0) is 56.1 Å². The van der Waals surface area contributed by atoms with Crippen LogP contribution in [0.2, 0.25) is 5.02 Å². The summed E-state index contributed by atoms with van der Waals surface area (Å²) >= 11 is 7.67. The number of halogens is 1. The van der Waals surface area contributed by atoms with E-state index in [2.05, 4.69) is 5.32 Å².